The molecule has 0 saturated carbocycles. The van der Waals surface area contributed by atoms with Gasteiger partial charge < -0.3 is 14.1 Å². The first-order chi connectivity index (χ1) is 18.5. The molecule has 1 atom stereocenters. The van der Waals surface area contributed by atoms with E-state index in [2.05, 4.69) is 9.71 Å². The van der Waals surface area contributed by atoms with Gasteiger partial charge >= 0.3 is 11.6 Å². The van der Waals surface area contributed by atoms with Crippen molar-refractivity contribution in [1.82, 2.24) is 9.71 Å². The standard InChI is InChI=1S/C30H28N2O6S/c1-17-9-11-22(12-10-17)39(35,36)32-26(15-21-16-31-25-8-6-5-7-24(21)25)30(34)37-27-14-13-23-18(2)19(3)29(33)38-28(23)20(27)4/h5-14,16,26,31-32H,15H2,1-4H3. The van der Waals surface area contributed by atoms with E-state index in [-0.39, 0.29) is 17.1 Å². The van der Waals surface area contributed by atoms with Crippen molar-refractivity contribution in [2.75, 3.05) is 0 Å². The van der Waals surface area contributed by atoms with Gasteiger partial charge in [-0.15, -0.1) is 0 Å². The zero-order valence-electron chi connectivity index (χ0n) is 22.0. The highest BCUT2D eigenvalue weighted by molar-refractivity contribution is 7.89. The molecule has 2 aromatic heterocycles. The Morgan fingerprint density at radius 3 is 2.38 bits per heavy atom. The van der Waals surface area contributed by atoms with E-state index in [0.29, 0.717) is 16.7 Å². The number of hydrogen-bond acceptors (Lipinski definition) is 6. The van der Waals surface area contributed by atoms with E-state index in [4.69, 9.17) is 9.15 Å². The first-order valence-corrected chi connectivity index (χ1v) is 13.9. The molecule has 2 N–H and O–H groups in total. The van der Waals surface area contributed by atoms with Gasteiger partial charge in [0.2, 0.25) is 10.0 Å². The van der Waals surface area contributed by atoms with Crippen molar-refractivity contribution in [2.45, 2.75) is 45.1 Å². The lowest BCUT2D eigenvalue weighted by molar-refractivity contribution is -0.136. The maximum absolute atomic E-state index is 13.6. The van der Waals surface area contributed by atoms with Crippen molar-refractivity contribution in [2.24, 2.45) is 0 Å². The number of ether oxygens (including phenoxy) is 1. The van der Waals surface area contributed by atoms with Gasteiger partial charge in [0.15, 0.2) is 0 Å². The summed E-state index contributed by atoms with van der Waals surface area (Å²) in [5, 5.41) is 1.61. The molecule has 0 aliphatic rings. The van der Waals surface area contributed by atoms with Crippen molar-refractivity contribution in [3.05, 3.63) is 105 Å². The van der Waals surface area contributed by atoms with Gasteiger partial charge in [-0.1, -0.05) is 35.9 Å². The van der Waals surface area contributed by atoms with Gasteiger partial charge in [-0.05, 0) is 69.2 Å². The number of nitrogens with one attached hydrogen (secondary N) is 2. The molecule has 3 aromatic carbocycles. The maximum Gasteiger partial charge on any atom is 0.339 e. The molecule has 0 aliphatic carbocycles. The number of benzene rings is 3. The average molecular weight is 545 g/mol. The second kappa shape index (κ2) is 10.2. The Kier molecular flexibility index (Phi) is 6.88. The third-order valence-corrected chi connectivity index (χ3v) is 8.53. The number of rotatable bonds is 7. The van der Waals surface area contributed by atoms with Crippen LogP contribution in [0.1, 0.15) is 27.8 Å². The summed E-state index contributed by atoms with van der Waals surface area (Å²) >= 11 is 0. The number of carbonyl (C=O) groups is 1. The van der Waals surface area contributed by atoms with E-state index in [9.17, 15) is 18.0 Å². The van der Waals surface area contributed by atoms with Crippen LogP contribution in [0.5, 0.6) is 5.75 Å². The summed E-state index contributed by atoms with van der Waals surface area (Å²) in [5.74, 6) is -0.609. The van der Waals surface area contributed by atoms with Crippen LogP contribution in [0.3, 0.4) is 0 Å². The molecule has 9 heteroatoms. The topological polar surface area (TPSA) is 118 Å². The number of fused-ring (bicyclic) bond motifs is 2. The van der Waals surface area contributed by atoms with Crippen molar-refractivity contribution >= 4 is 37.9 Å². The minimum Gasteiger partial charge on any atom is -0.425 e. The number of carbonyl (C=O) groups excluding carboxylic acids is 1. The van der Waals surface area contributed by atoms with Gasteiger partial charge in [0.05, 0.1) is 4.90 Å². The Hall–Kier alpha value is -4.21. The molecule has 5 aromatic rings. The normalized spacial score (nSPS) is 12.6. The largest absolute Gasteiger partial charge is 0.425 e. The van der Waals surface area contributed by atoms with E-state index in [1.165, 1.54) is 12.1 Å². The summed E-state index contributed by atoms with van der Waals surface area (Å²) in [5.41, 5.74) is 4.15. The van der Waals surface area contributed by atoms with E-state index in [1.807, 2.05) is 38.1 Å². The van der Waals surface area contributed by atoms with Gasteiger partial charge in [-0.25, -0.2) is 18.0 Å². The molecular formula is C30H28N2O6S. The number of sulfonamides is 1. The van der Waals surface area contributed by atoms with Crippen molar-refractivity contribution in [1.29, 1.82) is 0 Å². The Bertz CT molecular complexity index is 1890. The number of esters is 1. The lowest BCUT2D eigenvalue weighted by atomic mass is 10.0. The summed E-state index contributed by atoms with van der Waals surface area (Å²) < 4.78 is 40.3. The molecule has 8 nitrogen and oxygen atoms in total. The quantitative estimate of drug-likeness (QED) is 0.169. The lowest BCUT2D eigenvalue weighted by Crippen LogP contribution is -2.44. The zero-order valence-corrected chi connectivity index (χ0v) is 22.8. The van der Waals surface area contributed by atoms with E-state index in [0.717, 1.165) is 33.0 Å². The maximum atomic E-state index is 13.6. The lowest BCUT2D eigenvalue weighted by Gasteiger charge is -2.19. The number of aryl methyl sites for hydroxylation is 3. The van der Waals surface area contributed by atoms with Crippen LogP contribution in [0.25, 0.3) is 21.9 Å². The molecule has 0 spiro atoms. The molecule has 1 unspecified atom stereocenters. The van der Waals surface area contributed by atoms with Crippen LogP contribution >= 0.6 is 0 Å². The van der Waals surface area contributed by atoms with E-state index in [1.54, 1.807) is 44.3 Å². The van der Waals surface area contributed by atoms with Gasteiger partial charge in [0.25, 0.3) is 0 Å². The molecule has 5 rings (SSSR count). The summed E-state index contributed by atoms with van der Waals surface area (Å²) in [6.07, 6.45) is 1.81. The molecule has 0 bridgehead atoms. The second-order valence-electron chi connectivity index (χ2n) is 9.68. The Morgan fingerprint density at radius 2 is 1.64 bits per heavy atom. The van der Waals surface area contributed by atoms with Crippen LogP contribution in [0.2, 0.25) is 0 Å². The first kappa shape index (κ1) is 26.4. The summed E-state index contributed by atoms with van der Waals surface area (Å²) in [6.45, 7) is 7.07. The summed E-state index contributed by atoms with van der Waals surface area (Å²) in [6, 6.07) is 16.0. The predicted molar refractivity (Wildman–Crippen MR) is 150 cm³/mol. The van der Waals surface area contributed by atoms with Crippen LogP contribution in [0.4, 0.5) is 0 Å². The fourth-order valence-electron chi connectivity index (χ4n) is 4.58. The highest BCUT2D eigenvalue weighted by Crippen LogP contribution is 2.30. The molecule has 0 radical (unpaired) electrons. The minimum absolute atomic E-state index is 0.0410. The first-order valence-electron chi connectivity index (χ1n) is 12.4. The minimum atomic E-state index is -4.05. The predicted octanol–water partition coefficient (Wildman–Crippen LogP) is 5.00. The number of para-hydroxylation sites is 1. The van der Waals surface area contributed by atoms with Gasteiger partial charge in [0.1, 0.15) is 17.4 Å². The van der Waals surface area contributed by atoms with Crippen molar-refractivity contribution in [3.63, 3.8) is 0 Å². The third kappa shape index (κ3) is 5.10. The van der Waals surface area contributed by atoms with Crippen LogP contribution < -0.4 is 15.1 Å². The Balaban J connectivity index is 1.51. The van der Waals surface area contributed by atoms with Crippen LogP contribution in [-0.4, -0.2) is 25.4 Å². The molecule has 0 aliphatic heterocycles. The van der Waals surface area contributed by atoms with Gasteiger partial charge in [-0.2, -0.15) is 4.72 Å². The second-order valence-corrected chi connectivity index (χ2v) is 11.4. The van der Waals surface area contributed by atoms with Gasteiger partial charge in [-0.3, -0.25) is 0 Å². The summed E-state index contributed by atoms with van der Waals surface area (Å²) in [7, 11) is -4.05. The monoisotopic (exact) mass is 544 g/mol. The molecule has 0 saturated heterocycles. The van der Waals surface area contributed by atoms with Crippen molar-refractivity contribution < 1.29 is 22.4 Å². The SMILES string of the molecule is Cc1ccc(S(=O)(=O)NC(Cc2c[nH]c3ccccc23)C(=O)Oc2ccc3c(C)c(C)c(=O)oc3c2C)cc1. The van der Waals surface area contributed by atoms with Crippen molar-refractivity contribution in [3.8, 4) is 5.75 Å². The van der Waals surface area contributed by atoms with Crippen LogP contribution in [0, 0.1) is 27.7 Å². The number of H-pyrrole nitrogens is 1. The zero-order chi connectivity index (χ0) is 27.9. The Morgan fingerprint density at radius 1 is 0.923 bits per heavy atom. The molecule has 0 amide bonds. The molecule has 39 heavy (non-hydrogen) atoms. The third-order valence-electron chi connectivity index (χ3n) is 7.05. The fourth-order valence-corrected chi connectivity index (χ4v) is 5.77. The average Bonchev–Trinajstić information content (AvgIpc) is 3.32. The number of hydrogen-bond donors (Lipinski definition) is 2. The number of aromatic amines is 1. The smallest absolute Gasteiger partial charge is 0.339 e. The molecule has 2 heterocycles. The van der Waals surface area contributed by atoms with Crippen LogP contribution in [0.15, 0.2) is 81.0 Å². The van der Waals surface area contributed by atoms with Crippen LogP contribution in [-0.2, 0) is 21.2 Å². The number of aromatic nitrogens is 1. The fraction of sp³-hybridized carbons (Fsp3) is 0.200. The molecular weight excluding hydrogens is 516 g/mol. The van der Waals surface area contributed by atoms with E-state index < -0.39 is 27.7 Å². The van der Waals surface area contributed by atoms with E-state index >= 15 is 0 Å². The molecule has 200 valence electrons. The van der Waals surface area contributed by atoms with Gasteiger partial charge in [0, 0.05) is 40.0 Å². The Labute approximate surface area is 225 Å². The highest BCUT2D eigenvalue weighted by atomic mass is 32.2. The summed E-state index contributed by atoms with van der Waals surface area (Å²) in [4.78, 5) is 29.1. The highest BCUT2D eigenvalue weighted by Gasteiger charge is 2.29. The molecule has 0 fully saturated rings.